The van der Waals surface area contributed by atoms with Crippen molar-refractivity contribution in [3.8, 4) is 0 Å². The van der Waals surface area contributed by atoms with Gasteiger partial charge < -0.3 is 4.74 Å². The lowest BCUT2D eigenvalue weighted by atomic mass is 10.0. The van der Waals surface area contributed by atoms with Crippen LogP contribution in [-0.2, 0) is 19.6 Å². The minimum absolute atomic E-state index is 0.256. The van der Waals surface area contributed by atoms with E-state index in [0.717, 1.165) is 24.8 Å². The number of benzene rings is 1. The lowest BCUT2D eigenvalue weighted by molar-refractivity contribution is -0.452. The molecule has 6 nitrogen and oxygen atoms in total. The van der Waals surface area contributed by atoms with Crippen molar-refractivity contribution in [2.24, 2.45) is 0 Å². The number of carbonyl (C=O) groups is 2. The first kappa shape index (κ1) is 29.0. The van der Waals surface area contributed by atoms with Crippen molar-refractivity contribution in [2.75, 3.05) is 6.61 Å². The fraction of sp³-hybridized carbons (Fsp3) is 0.704. The molecule has 0 saturated carbocycles. The third kappa shape index (κ3) is 17.1. The van der Waals surface area contributed by atoms with Crippen LogP contribution in [-0.4, -0.2) is 18.7 Å². The van der Waals surface area contributed by atoms with Crippen LogP contribution >= 0.6 is 0 Å². The standard InChI is InChI=1S/C27H44O6/c1-3-4-5-6-7-8-9-10-11-12-13-14-15-16-17-18-23-30-27(29)32-33-31-26(28)25-21-19-24(2)20-22-25/h19-22H,3-18,23H2,1-2H3. The van der Waals surface area contributed by atoms with Crippen molar-refractivity contribution in [1.29, 1.82) is 0 Å². The Morgan fingerprint density at radius 3 is 1.58 bits per heavy atom. The van der Waals surface area contributed by atoms with Crippen LogP contribution in [0.2, 0.25) is 0 Å². The SMILES string of the molecule is CCCCCCCCCCCCCCCCCCOC(=O)OOOC(=O)c1ccc(C)cc1. The quantitative estimate of drug-likeness (QED) is 0.0834. The Morgan fingerprint density at radius 1 is 0.636 bits per heavy atom. The van der Waals surface area contributed by atoms with E-state index in [2.05, 4.69) is 21.7 Å². The van der Waals surface area contributed by atoms with Crippen LogP contribution in [0.4, 0.5) is 4.79 Å². The van der Waals surface area contributed by atoms with Gasteiger partial charge in [0.25, 0.3) is 0 Å². The van der Waals surface area contributed by atoms with Crippen molar-refractivity contribution >= 4 is 12.1 Å². The predicted octanol–water partition coefficient (Wildman–Crippen LogP) is 8.41. The summed E-state index contributed by atoms with van der Waals surface area (Å²) in [7, 11) is 0. The van der Waals surface area contributed by atoms with Gasteiger partial charge in [0.15, 0.2) is 0 Å². The van der Waals surface area contributed by atoms with Crippen LogP contribution in [0, 0.1) is 6.92 Å². The summed E-state index contributed by atoms with van der Waals surface area (Å²) in [5, 5.41) is 4.20. The van der Waals surface area contributed by atoms with Crippen LogP contribution in [0.15, 0.2) is 24.3 Å². The molecule has 0 amide bonds. The molecule has 6 heteroatoms. The van der Waals surface area contributed by atoms with Crippen LogP contribution in [0.3, 0.4) is 0 Å². The molecule has 1 aromatic rings. The van der Waals surface area contributed by atoms with Gasteiger partial charge in [0.2, 0.25) is 0 Å². The number of hydrogen-bond donors (Lipinski definition) is 0. The average molecular weight is 465 g/mol. The first-order chi connectivity index (χ1) is 16.1. The minimum Gasteiger partial charge on any atom is -0.432 e. The molecule has 0 unspecified atom stereocenters. The zero-order valence-corrected chi connectivity index (χ0v) is 20.8. The van der Waals surface area contributed by atoms with Gasteiger partial charge in [-0.1, -0.05) is 121 Å². The van der Waals surface area contributed by atoms with E-state index >= 15 is 0 Å². The second kappa shape index (κ2) is 20.5. The van der Waals surface area contributed by atoms with E-state index in [1.807, 2.05) is 6.92 Å². The number of unbranched alkanes of at least 4 members (excludes halogenated alkanes) is 15. The highest BCUT2D eigenvalue weighted by Crippen LogP contribution is 2.14. The van der Waals surface area contributed by atoms with Gasteiger partial charge >= 0.3 is 12.1 Å². The number of carbonyl (C=O) groups excluding carboxylic acids is 2. The van der Waals surface area contributed by atoms with E-state index in [1.165, 1.54) is 83.5 Å². The van der Waals surface area contributed by atoms with Gasteiger partial charge in [-0.25, -0.2) is 14.5 Å². The second-order valence-corrected chi connectivity index (χ2v) is 8.79. The van der Waals surface area contributed by atoms with E-state index in [1.54, 1.807) is 24.3 Å². The molecule has 0 atom stereocenters. The first-order valence-corrected chi connectivity index (χ1v) is 12.9. The molecular weight excluding hydrogens is 420 g/mol. The Balaban J connectivity index is 1.81. The molecule has 0 aliphatic heterocycles. The summed E-state index contributed by atoms with van der Waals surface area (Å²) in [6, 6.07) is 6.72. The summed E-state index contributed by atoms with van der Waals surface area (Å²) in [6.45, 7) is 4.43. The molecule has 0 aliphatic carbocycles. The fourth-order valence-electron chi connectivity index (χ4n) is 3.64. The van der Waals surface area contributed by atoms with Gasteiger partial charge in [-0.15, -0.1) is 0 Å². The molecule has 0 aromatic heterocycles. The van der Waals surface area contributed by atoms with Crippen molar-refractivity contribution < 1.29 is 29.1 Å². The van der Waals surface area contributed by atoms with E-state index in [4.69, 9.17) is 4.74 Å². The first-order valence-electron chi connectivity index (χ1n) is 12.9. The van der Waals surface area contributed by atoms with Crippen molar-refractivity contribution in [2.45, 2.75) is 117 Å². The van der Waals surface area contributed by atoms with Crippen LogP contribution in [0.1, 0.15) is 126 Å². The Bertz CT molecular complexity index is 614. The van der Waals surface area contributed by atoms with Gasteiger partial charge in [-0.3, -0.25) is 4.89 Å². The highest BCUT2D eigenvalue weighted by molar-refractivity contribution is 5.88. The Labute approximate surface area is 200 Å². The summed E-state index contributed by atoms with van der Waals surface area (Å²) in [6.07, 6.45) is 19.6. The smallest absolute Gasteiger partial charge is 0.432 e. The van der Waals surface area contributed by atoms with Crippen molar-refractivity contribution in [3.05, 3.63) is 35.4 Å². The third-order valence-corrected chi connectivity index (χ3v) is 5.72. The normalized spacial score (nSPS) is 10.7. The zero-order valence-electron chi connectivity index (χ0n) is 20.8. The molecule has 0 saturated heterocycles. The van der Waals surface area contributed by atoms with Crippen LogP contribution < -0.4 is 0 Å². The lowest BCUT2D eigenvalue weighted by Crippen LogP contribution is -2.12. The Morgan fingerprint density at radius 2 is 1.09 bits per heavy atom. The summed E-state index contributed by atoms with van der Waals surface area (Å²) < 4.78 is 4.89. The molecule has 0 spiro atoms. The predicted molar refractivity (Wildman–Crippen MR) is 130 cm³/mol. The van der Waals surface area contributed by atoms with Crippen molar-refractivity contribution in [3.63, 3.8) is 0 Å². The van der Waals surface area contributed by atoms with E-state index in [0.29, 0.717) is 5.56 Å². The summed E-state index contributed by atoms with van der Waals surface area (Å²) >= 11 is 0. The van der Waals surface area contributed by atoms with Crippen LogP contribution in [0.25, 0.3) is 0 Å². The molecule has 0 bridgehead atoms. The fourth-order valence-corrected chi connectivity index (χ4v) is 3.64. The summed E-state index contributed by atoms with van der Waals surface area (Å²) in [5.41, 5.74) is 1.31. The molecule has 0 heterocycles. The maximum Gasteiger partial charge on any atom is 0.543 e. The number of ether oxygens (including phenoxy) is 1. The Kier molecular flexibility index (Phi) is 18.0. The summed E-state index contributed by atoms with van der Waals surface area (Å²) in [4.78, 5) is 31.8. The molecular formula is C27H44O6. The molecule has 0 fully saturated rings. The molecule has 0 radical (unpaired) electrons. The maximum atomic E-state index is 11.7. The summed E-state index contributed by atoms with van der Waals surface area (Å²) in [5.74, 6) is -0.749. The van der Waals surface area contributed by atoms with Gasteiger partial charge in [0.05, 0.1) is 17.2 Å². The van der Waals surface area contributed by atoms with E-state index in [-0.39, 0.29) is 6.61 Å². The zero-order chi connectivity index (χ0) is 24.0. The largest absolute Gasteiger partial charge is 0.543 e. The second-order valence-electron chi connectivity index (χ2n) is 8.79. The molecule has 33 heavy (non-hydrogen) atoms. The average Bonchev–Trinajstić information content (AvgIpc) is 2.81. The van der Waals surface area contributed by atoms with E-state index in [9.17, 15) is 9.59 Å². The number of aryl methyl sites for hydroxylation is 1. The van der Waals surface area contributed by atoms with E-state index < -0.39 is 12.1 Å². The van der Waals surface area contributed by atoms with Gasteiger partial charge in [0, 0.05) is 0 Å². The highest BCUT2D eigenvalue weighted by atomic mass is 17.5. The maximum absolute atomic E-state index is 11.7. The van der Waals surface area contributed by atoms with Gasteiger partial charge in [-0.05, 0) is 25.5 Å². The minimum atomic E-state index is -1.02. The van der Waals surface area contributed by atoms with Crippen LogP contribution in [0.5, 0.6) is 0 Å². The van der Waals surface area contributed by atoms with Gasteiger partial charge in [-0.2, -0.15) is 0 Å². The number of rotatable bonds is 20. The topological polar surface area (TPSA) is 71.1 Å². The van der Waals surface area contributed by atoms with Gasteiger partial charge in [0.1, 0.15) is 0 Å². The number of hydrogen-bond acceptors (Lipinski definition) is 6. The molecule has 0 aliphatic rings. The lowest BCUT2D eigenvalue weighted by Gasteiger charge is -2.05. The molecule has 188 valence electrons. The molecule has 0 N–H and O–H groups in total. The van der Waals surface area contributed by atoms with Crippen molar-refractivity contribution in [1.82, 2.24) is 0 Å². The monoisotopic (exact) mass is 464 g/mol. The molecule has 1 rings (SSSR count). The molecule has 1 aromatic carbocycles. The third-order valence-electron chi connectivity index (χ3n) is 5.72. The Hall–Kier alpha value is -2.08. The highest BCUT2D eigenvalue weighted by Gasteiger charge is 2.11.